The number of hydrogen-bond donors (Lipinski definition) is 1. The van der Waals surface area contributed by atoms with Crippen LogP contribution in [0.15, 0.2) is 23.8 Å². The van der Waals surface area contributed by atoms with E-state index in [1.165, 1.54) is 5.57 Å². The molecule has 1 spiro atoms. The third-order valence-corrected chi connectivity index (χ3v) is 11.6. The Morgan fingerprint density at radius 2 is 1.85 bits per heavy atom. The van der Waals surface area contributed by atoms with Crippen LogP contribution in [-0.2, 0) is 14.3 Å². The Morgan fingerprint density at radius 1 is 1.15 bits per heavy atom. The maximum atomic E-state index is 13.8. The number of rotatable bonds is 4. The fourth-order valence-electron chi connectivity index (χ4n) is 9.86. The highest BCUT2D eigenvalue weighted by molar-refractivity contribution is 5.99. The van der Waals surface area contributed by atoms with Crippen LogP contribution in [0.25, 0.3) is 0 Å². The van der Waals surface area contributed by atoms with E-state index in [1.54, 1.807) is 0 Å². The fourth-order valence-corrected chi connectivity index (χ4v) is 9.86. The number of carbonyl (C=O) groups is 2. The smallest absolute Gasteiger partial charge is 0.314 e. The Balaban J connectivity index is 1.55. The molecule has 0 bridgehead atoms. The molecule has 5 aliphatic rings. The monoisotopic (exact) mass is 468 g/mol. The molecule has 0 aromatic carbocycles. The molecule has 4 nitrogen and oxygen atoms in total. The zero-order chi connectivity index (χ0) is 24.9. The van der Waals surface area contributed by atoms with Gasteiger partial charge in [-0.3, -0.25) is 9.59 Å². The minimum Gasteiger partial charge on any atom is -0.458 e. The van der Waals surface area contributed by atoms with Crippen molar-refractivity contribution in [3.63, 3.8) is 0 Å². The molecule has 188 valence electrons. The van der Waals surface area contributed by atoms with E-state index in [4.69, 9.17) is 4.74 Å². The van der Waals surface area contributed by atoms with Gasteiger partial charge in [-0.25, -0.2) is 0 Å². The molecule has 1 saturated heterocycles. The maximum Gasteiger partial charge on any atom is 0.314 e. The van der Waals surface area contributed by atoms with Crippen molar-refractivity contribution in [2.45, 2.75) is 111 Å². The van der Waals surface area contributed by atoms with Crippen LogP contribution in [0.4, 0.5) is 0 Å². The summed E-state index contributed by atoms with van der Waals surface area (Å²) in [7, 11) is 0. The average molecular weight is 469 g/mol. The Morgan fingerprint density at radius 3 is 2.53 bits per heavy atom. The number of ether oxygens (including phenoxy) is 1. The van der Waals surface area contributed by atoms with Crippen LogP contribution in [0.5, 0.6) is 0 Å². The summed E-state index contributed by atoms with van der Waals surface area (Å²) >= 11 is 0. The van der Waals surface area contributed by atoms with E-state index in [9.17, 15) is 14.7 Å². The molecule has 4 fully saturated rings. The molecule has 0 aromatic heterocycles. The molecule has 4 heteroatoms. The molecule has 8 unspecified atom stereocenters. The van der Waals surface area contributed by atoms with Gasteiger partial charge in [0.05, 0.1) is 17.4 Å². The zero-order valence-electron chi connectivity index (χ0n) is 22.1. The molecular formula is C30H44O4. The summed E-state index contributed by atoms with van der Waals surface area (Å²) in [6, 6.07) is 0. The largest absolute Gasteiger partial charge is 0.458 e. The number of aliphatic hydroxyl groups is 1. The lowest BCUT2D eigenvalue weighted by Crippen LogP contribution is -2.59. The number of Topliss-reactive ketones (excluding diaryl/α,β-unsaturated/α-hetero) is 1. The second-order valence-corrected chi connectivity index (χ2v) is 13.8. The van der Waals surface area contributed by atoms with Gasteiger partial charge in [0.1, 0.15) is 11.4 Å². The second-order valence-electron chi connectivity index (χ2n) is 13.8. The number of ketones is 1. The Hall–Kier alpha value is -1.42. The van der Waals surface area contributed by atoms with Crippen molar-refractivity contribution in [2.75, 3.05) is 0 Å². The third kappa shape index (κ3) is 2.81. The Kier molecular flexibility index (Phi) is 5.22. The van der Waals surface area contributed by atoms with Crippen LogP contribution in [0, 0.1) is 39.4 Å². The number of fused-ring (bicyclic) bond motifs is 4. The molecule has 5 rings (SSSR count). The first-order valence-corrected chi connectivity index (χ1v) is 13.5. The summed E-state index contributed by atoms with van der Waals surface area (Å²) in [4.78, 5) is 27.6. The number of hydrogen-bond acceptors (Lipinski definition) is 4. The summed E-state index contributed by atoms with van der Waals surface area (Å²) in [5, 5.41) is 10.8. The van der Waals surface area contributed by atoms with E-state index < -0.39 is 16.4 Å². The van der Waals surface area contributed by atoms with Gasteiger partial charge in [0.2, 0.25) is 0 Å². The van der Waals surface area contributed by atoms with Crippen molar-refractivity contribution in [3.05, 3.63) is 23.8 Å². The topological polar surface area (TPSA) is 63.6 Å². The van der Waals surface area contributed by atoms with E-state index in [-0.39, 0.29) is 34.6 Å². The van der Waals surface area contributed by atoms with Crippen LogP contribution < -0.4 is 0 Å². The lowest BCUT2D eigenvalue weighted by atomic mass is 9.41. The lowest BCUT2D eigenvalue weighted by molar-refractivity contribution is -0.163. The molecule has 1 N–H and O–H groups in total. The molecule has 0 amide bonds. The summed E-state index contributed by atoms with van der Waals surface area (Å²) in [5.41, 5.74) is 0.531. The van der Waals surface area contributed by atoms with Crippen LogP contribution in [0.3, 0.4) is 0 Å². The lowest BCUT2D eigenvalue weighted by Gasteiger charge is -2.63. The minimum absolute atomic E-state index is 0.0892. The molecule has 34 heavy (non-hydrogen) atoms. The fraction of sp³-hybridized carbons (Fsp3) is 0.800. The Bertz CT molecular complexity index is 976. The second kappa shape index (κ2) is 7.31. The van der Waals surface area contributed by atoms with Gasteiger partial charge in [-0.05, 0) is 87.9 Å². The first-order chi connectivity index (χ1) is 15.7. The SMILES string of the molecule is C=C(C)CCCC1(C)OC(=O)C23CCC4C(=CCC5C(C)(C)C(O)CCC45C)C2(C)CC(=O)C13. The molecule has 1 aliphatic heterocycles. The van der Waals surface area contributed by atoms with Gasteiger partial charge in [-0.15, -0.1) is 6.58 Å². The van der Waals surface area contributed by atoms with Gasteiger partial charge in [-0.2, -0.15) is 0 Å². The van der Waals surface area contributed by atoms with E-state index >= 15 is 0 Å². The van der Waals surface area contributed by atoms with Crippen LogP contribution >= 0.6 is 0 Å². The number of allylic oxidation sites excluding steroid dienone is 3. The van der Waals surface area contributed by atoms with Crippen LogP contribution in [0.2, 0.25) is 0 Å². The first-order valence-electron chi connectivity index (χ1n) is 13.5. The normalized spacial score (nSPS) is 48.9. The number of aliphatic hydroxyl groups excluding tert-OH is 1. The van der Waals surface area contributed by atoms with Crippen molar-refractivity contribution in [3.8, 4) is 0 Å². The van der Waals surface area contributed by atoms with Gasteiger partial charge in [0.25, 0.3) is 0 Å². The van der Waals surface area contributed by atoms with Crippen LogP contribution in [-0.4, -0.2) is 28.6 Å². The van der Waals surface area contributed by atoms with E-state index in [1.807, 2.05) is 13.8 Å². The van der Waals surface area contributed by atoms with E-state index in [2.05, 4.69) is 40.3 Å². The van der Waals surface area contributed by atoms with Gasteiger partial charge < -0.3 is 9.84 Å². The van der Waals surface area contributed by atoms with Crippen molar-refractivity contribution in [2.24, 2.45) is 39.4 Å². The van der Waals surface area contributed by atoms with Gasteiger partial charge in [-0.1, -0.05) is 44.9 Å². The van der Waals surface area contributed by atoms with Gasteiger partial charge >= 0.3 is 5.97 Å². The Labute approximate surface area is 205 Å². The number of esters is 1. The molecule has 0 radical (unpaired) electrons. The highest BCUT2D eigenvalue weighted by Gasteiger charge is 2.78. The van der Waals surface area contributed by atoms with Crippen molar-refractivity contribution in [1.29, 1.82) is 0 Å². The summed E-state index contributed by atoms with van der Waals surface area (Å²) < 4.78 is 6.20. The van der Waals surface area contributed by atoms with Crippen molar-refractivity contribution >= 4 is 11.8 Å². The first kappa shape index (κ1) is 24.3. The third-order valence-electron chi connectivity index (χ3n) is 11.6. The quantitative estimate of drug-likeness (QED) is 0.396. The summed E-state index contributed by atoms with van der Waals surface area (Å²) in [6.45, 7) is 17.1. The molecule has 1 heterocycles. The van der Waals surface area contributed by atoms with Crippen molar-refractivity contribution < 1.29 is 19.4 Å². The van der Waals surface area contributed by atoms with E-state index in [0.717, 1.165) is 50.5 Å². The highest BCUT2D eigenvalue weighted by atomic mass is 16.6. The molecular weight excluding hydrogens is 424 g/mol. The minimum atomic E-state index is -0.725. The number of cyclic esters (lactones) is 1. The molecule has 0 aromatic rings. The molecule has 3 saturated carbocycles. The predicted octanol–water partition coefficient (Wildman–Crippen LogP) is 6.17. The molecule has 8 atom stereocenters. The maximum absolute atomic E-state index is 13.8. The van der Waals surface area contributed by atoms with Crippen molar-refractivity contribution in [1.82, 2.24) is 0 Å². The predicted molar refractivity (Wildman–Crippen MR) is 133 cm³/mol. The highest BCUT2D eigenvalue weighted by Crippen LogP contribution is 2.75. The van der Waals surface area contributed by atoms with E-state index in [0.29, 0.717) is 24.7 Å². The molecule has 4 aliphatic carbocycles. The zero-order valence-corrected chi connectivity index (χ0v) is 22.1. The summed E-state index contributed by atoms with van der Waals surface area (Å²) in [6.07, 6.45) is 9.50. The summed E-state index contributed by atoms with van der Waals surface area (Å²) in [5.74, 6) is 0.517. The average Bonchev–Trinajstić information content (AvgIpc) is 3.11. The van der Waals surface area contributed by atoms with Gasteiger partial charge in [0, 0.05) is 11.8 Å². The number of carbonyl (C=O) groups excluding carboxylic acids is 2. The standard InChI is InChI=1S/C30H44O4/c1-18(2)9-8-14-29(7)24-21(31)17-28(6)20-10-11-22-26(3,4)23(32)13-15-27(22,5)19(20)12-16-30(24,28)25(33)34-29/h10,19,22-24,32H,1,8-9,11-17H2,2-7H3. The van der Waals surface area contributed by atoms with Gasteiger partial charge in [0.15, 0.2) is 0 Å². The van der Waals surface area contributed by atoms with Crippen LogP contribution in [0.1, 0.15) is 99.3 Å².